The average Bonchev–Trinajstić information content (AvgIpc) is 3.22. The molecule has 186 valence electrons. The smallest absolute Gasteiger partial charge is 0.487 e. The molecule has 0 bridgehead atoms. The van der Waals surface area contributed by atoms with Gasteiger partial charge in [-0.05, 0) is 6.42 Å². The van der Waals surface area contributed by atoms with Gasteiger partial charge in [0, 0.05) is 0 Å². The van der Waals surface area contributed by atoms with Crippen LogP contribution in [0.2, 0.25) is 0 Å². The molecule has 1 aromatic rings. The van der Waals surface area contributed by atoms with Crippen LogP contribution in [0.15, 0.2) is 0 Å². The molecule has 0 N–H and O–H groups in total. The number of carbonyl (C=O) groups excluding carboxylic acids is 2. The standard InChI is InChI=1S/C23H30F4O6/c1-2-3-4-5-6-7-8-9-10-11-12-30-21-19(26)17(24)16(18(25)20(21)27)22(28)31-13-15-14-32-23(29)33-15/h15H,2-14H2,1H3. The van der Waals surface area contributed by atoms with Crippen LogP contribution in [0.3, 0.4) is 0 Å². The van der Waals surface area contributed by atoms with Gasteiger partial charge in [0.25, 0.3) is 0 Å². The predicted octanol–water partition coefficient (Wildman–Crippen LogP) is 6.23. The molecule has 2 rings (SSSR count). The van der Waals surface area contributed by atoms with E-state index in [2.05, 4.69) is 21.1 Å². The maximum atomic E-state index is 14.3. The summed E-state index contributed by atoms with van der Waals surface area (Å²) in [5.74, 6) is -10.3. The summed E-state index contributed by atoms with van der Waals surface area (Å²) in [5.41, 5.74) is -1.53. The maximum Gasteiger partial charge on any atom is 0.508 e. The summed E-state index contributed by atoms with van der Waals surface area (Å²) >= 11 is 0. The molecule has 1 fully saturated rings. The van der Waals surface area contributed by atoms with Crippen molar-refractivity contribution in [1.29, 1.82) is 0 Å². The van der Waals surface area contributed by atoms with Gasteiger partial charge in [-0.3, -0.25) is 0 Å². The summed E-state index contributed by atoms with van der Waals surface area (Å²) in [6, 6.07) is 0. The van der Waals surface area contributed by atoms with Gasteiger partial charge in [0.1, 0.15) is 18.8 Å². The molecule has 1 aliphatic rings. The van der Waals surface area contributed by atoms with Gasteiger partial charge in [0.15, 0.2) is 23.5 Å². The first-order chi connectivity index (χ1) is 15.9. The average molecular weight is 478 g/mol. The van der Waals surface area contributed by atoms with Crippen molar-refractivity contribution in [3.05, 3.63) is 28.8 Å². The number of carbonyl (C=O) groups is 2. The molecule has 1 atom stereocenters. The third-order valence-corrected chi connectivity index (χ3v) is 5.22. The Morgan fingerprint density at radius 2 is 1.42 bits per heavy atom. The van der Waals surface area contributed by atoms with Gasteiger partial charge in [0.05, 0.1) is 6.61 Å². The first-order valence-electron chi connectivity index (χ1n) is 11.4. The van der Waals surface area contributed by atoms with Crippen molar-refractivity contribution < 1.29 is 46.1 Å². The van der Waals surface area contributed by atoms with E-state index in [1.54, 1.807) is 0 Å². The highest BCUT2D eigenvalue weighted by atomic mass is 19.2. The van der Waals surface area contributed by atoms with Crippen molar-refractivity contribution in [1.82, 2.24) is 0 Å². The summed E-state index contributed by atoms with van der Waals surface area (Å²) in [6.07, 6.45) is 8.44. The first kappa shape index (κ1) is 26.7. The molecule has 0 aliphatic carbocycles. The van der Waals surface area contributed by atoms with Crippen LogP contribution in [0.1, 0.15) is 81.5 Å². The van der Waals surface area contributed by atoms with E-state index in [0.717, 1.165) is 25.7 Å². The van der Waals surface area contributed by atoms with Crippen LogP contribution in [0.25, 0.3) is 0 Å². The molecule has 0 amide bonds. The molecule has 10 heteroatoms. The van der Waals surface area contributed by atoms with Crippen LogP contribution >= 0.6 is 0 Å². The molecule has 1 heterocycles. The largest absolute Gasteiger partial charge is 0.508 e. The van der Waals surface area contributed by atoms with Gasteiger partial charge >= 0.3 is 12.1 Å². The molecule has 0 spiro atoms. The molecule has 1 aromatic carbocycles. The van der Waals surface area contributed by atoms with E-state index < -0.39 is 59.4 Å². The quantitative estimate of drug-likeness (QED) is 0.129. The van der Waals surface area contributed by atoms with Crippen LogP contribution in [0.5, 0.6) is 5.75 Å². The van der Waals surface area contributed by atoms with Crippen molar-refractivity contribution in [2.45, 2.75) is 77.2 Å². The van der Waals surface area contributed by atoms with Crippen molar-refractivity contribution >= 4 is 12.1 Å². The Balaban J connectivity index is 1.79. The number of hydrogen-bond donors (Lipinski definition) is 0. The van der Waals surface area contributed by atoms with Crippen LogP contribution < -0.4 is 4.74 Å². The van der Waals surface area contributed by atoms with Gasteiger partial charge in [0.2, 0.25) is 11.6 Å². The van der Waals surface area contributed by atoms with Gasteiger partial charge in [-0.1, -0.05) is 64.7 Å². The molecular formula is C23H30F4O6. The fourth-order valence-corrected chi connectivity index (χ4v) is 3.37. The number of halogens is 4. The number of benzene rings is 1. The molecule has 6 nitrogen and oxygen atoms in total. The number of rotatable bonds is 15. The maximum absolute atomic E-state index is 14.3. The van der Waals surface area contributed by atoms with Crippen LogP contribution in [-0.4, -0.2) is 38.0 Å². The number of hydrogen-bond acceptors (Lipinski definition) is 6. The molecule has 1 unspecified atom stereocenters. The molecule has 1 saturated heterocycles. The van der Waals surface area contributed by atoms with E-state index >= 15 is 0 Å². The zero-order valence-corrected chi connectivity index (χ0v) is 18.7. The van der Waals surface area contributed by atoms with Gasteiger partial charge in [-0.2, -0.15) is 8.78 Å². The monoisotopic (exact) mass is 478 g/mol. The van der Waals surface area contributed by atoms with Gasteiger partial charge in [-0.15, -0.1) is 0 Å². The minimum absolute atomic E-state index is 0.125. The Morgan fingerprint density at radius 3 is 1.94 bits per heavy atom. The third kappa shape index (κ3) is 8.08. The Bertz CT molecular complexity index is 773. The lowest BCUT2D eigenvalue weighted by atomic mass is 10.1. The second-order valence-electron chi connectivity index (χ2n) is 7.89. The van der Waals surface area contributed by atoms with Crippen LogP contribution in [0.4, 0.5) is 22.4 Å². The van der Waals surface area contributed by atoms with Crippen LogP contribution in [0, 0.1) is 23.3 Å². The Morgan fingerprint density at radius 1 is 0.879 bits per heavy atom. The topological polar surface area (TPSA) is 71.1 Å². The summed E-state index contributed by atoms with van der Waals surface area (Å²) in [7, 11) is 0. The SMILES string of the molecule is CCCCCCCCCCCCOc1c(F)c(F)c(C(=O)OCC2COC(=O)O2)c(F)c1F. The molecule has 0 radical (unpaired) electrons. The third-order valence-electron chi connectivity index (χ3n) is 5.22. The lowest BCUT2D eigenvalue weighted by Crippen LogP contribution is -2.23. The summed E-state index contributed by atoms with van der Waals surface area (Å²) in [5, 5.41) is 0. The Hall–Kier alpha value is -2.52. The number of cyclic esters (lactones) is 2. The predicted molar refractivity (Wildman–Crippen MR) is 110 cm³/mol. The molecule has 0 aromatic heterocycles. The second-order valence-corrected chi connectivity index (χ2v) is 7.89. The van der Waals surface area contributed by atoms with E-state index in [1.807, 2.05) is 0 Å². The van der Waals surface area contributed by atoms with Gasteiger partial charge < -0.3 is 18.9 Å². The Labute approximate surface area is 190 Å². The first-order valence-corrected chi connectivity index (χ1v) is 11.4. The highest BCUT2D eigenvalue weighted by molar-refractivity contribution is 5.90. The summed E-state index contributed by atoms with van der Waals surface area (Å²) in [4.78, 5) is 22.7. The second kappa shape index (κ2) is 13.9. The number of ether oxygens (including phenoxy) is 4. The highest BCUT2D eigenvalue weighted by Gasteiger charge is 2.33. The summed E-state index contributed by atoms with van der Waals surface area (Å²) in [6.45, 7) is 1.22. The fourth-order valence-electron chi connectivity index (χ4n) is 3.37. The van der Waals surface area contributed by atoms with E-state index in [-0.39, 0.29) is 13.2 Å². The molecule has 1 aliphatic heterocycles. The van der Waals surface area contributed by atoms with Crippen molar-refractivity contribution in [2.75, 3.05) is 19.8 Å². The zero-order valence-electron chi connectivity index (χ0n) is 18.7. The van der Waals surface area contributed by atoms with Crippen LogP contribution in [-0.2, 0) is 14.2 Å². The summed E-state index contributed by atoms with van der Waals surface area (Å²) < 4.78 is 75.6. The van der Waals surface area contributed by atoms with E-state index in [4.69, 9.17) is 4.74 Å². The van der Waals surface area contributed by atoms with E-state index in [0.29, 0.717) is 6.42 Å². The fraction of sp³-hybridized carbons (Fsp3) is 0.652. The normalized spacial score (nSPS) is 15.3. The minimum Gasteiger partial charge on any atom is -0.487 e. The number of unbranched alkanes of at least 4 members (excludes halogenated alkanes) is 9. The molecule has 0 saturated carbocycles. The number of esters is 1. The lowest BCUT2D eigenvalue weighted by molar-refractivity contribution is 0.0288. The van der Waals surface area contributed by atoms with Crippen molar-refractivity contribution in [3.8, 4) is 5.75 Å². The van der Waals surface area contributed by atoms with E-state index in [1.165, 1.54) is 32.1 Å². The van der Waals surface area contributed by atoms with Crippen molar-refractivity contribution in [3.63, 3.8) is 0 Å². The zero-order chi connectivity index (χ0) is 24.2. The lowest BCUT2D eigenvalue weighted by Gasteiger charge is -2.13. The molecular weight excluding hydrogens is 448 g/mol. The Kier molecular flexibility index (Phi) is 11.3. The van der Waals surface area contributed by atoms with Gasteiger partial charge in [-0.25, -0.2) is 18.4 Å². The van der Waals surface area contributed by atoms with Crippen molar-refractivity contribution in [2.24, 2.45) is 0 Å². The highest BCUT2D eigenvalue weighted by Crippen LogP contribution is 2.31. The molecule has 33 heavy (non-hydrogen) atoms. The minimum atomic E-state index is -1.92. The van der Waals surface area contributed by atoms with E-state index in [9.17, 15) is 27.2 Å².